The first-order chi connectivity index (χ1) is 7.75. The van der Waals surface area contributed by atoms with Crippen LogP contribution in [-0.2, 0) is 0 Å². The molecular weight excluding hydrogens is 220 g/mol. The van der Waals surface area contributed by atoms with Crippen molar-refractivity contribution in [2.24, 2.45) is 11.7 Å². The van der Waals surface area contributed by atoms with Crippen LogP contribution >= 0.6 is 11.8 Å². The summed E-state index contributed by atoms with van der Waals surface area (Å²) in [6.45, 7) is 0. The number of thioether (sulfide) groups is 1. The Morgan fingerprint density at radius 2 is 2.31 bits per heavy atom. The number of hydrogen-bond acceptors (Lipinski definition) is 4. The average Bonchev–Trinajstić information content (AvgIpc) is 2.31. The number of phenolic OH excluding ortho intramolecular Hbond substituents is 1. The predicted molar refractivity (Wildman–Crippen MR) is 67.9 cm³/mol. The second-order valence-electron chi connectivity index (χ2n) is 4.58. The molecule has 0 aliphatic carbocycles. The van der Waals surface area contributed by atoms with Crippen LogP contribution in [0, 0.1) is 5.92 Å². The van der Waals surface area contributed by atoms with E-state index < -0.39 is 0 Å². The molecule has 1 aromatic carbocycles. The van der Waals surface area contributed by atoms with Crippen molar-refractivity contribution >= 4 is 17.4 Å². The molecule has 2 aliphatic rings. The van der Waals surface area contributed by atoms with E-state index in [-0.39, 0.29) is 6.04 Å². The number of hydrogen-bond donors (Lipinski definition) is 3. The Kier molecular flexibility index (Phi) is 2.48. The van der Waals surface area contributed by atoms with Crippen LogP contribution in [0.2, 0.25) is 0 Å². The number of anilines is 1. The summed E-state index contributed by atoms with van der Waals surface area (Å²) in [4.78, 5) is 0. The van der Waals surface area contributed by atoms with Gasteiger partial charge in [0.2, 0.25) is 0 Å². The first kappa shape index (κ1) is 10.3. The molecule has 3 atom stereocenters. The SMILES string of the molecule is NC1c2cc(O)ccc2NC2CCSCC21. The fourth-order valence-corrected chi connectivity index (χ4v) is 3.98. The van der Waals surface area contributed by atoms with Crippen LogP contribution in [0.4, 0.5) is 5.69 Å². The van der Waals surface area contributed by atoms with Gasteiger partial charge in [-0.3, -0.25) is 0 Å². The maximum Gasteiger partial charge on any atom is 0.116 e. The Balaban J connectivity index is 2.00. The largest absolute Gasteiger partial charge is 0.508 e. The fourth-order valence-electron chi connectivity index (χ4n) is 2.68. The average molecular weight is 236 g/mol. The number of rotatable bonds is 0. The topological polar surface area (TPSA) is 58.3 Å². The van der Waals surface area contributed by atoms with Crippen molar-refractivity contribution in [3.63, 3.8) is 0 Å². The minimum absolute atomic E-state index is 0.0566. The first-order valence-corrected chi connectivity index (χ1v) is 6.84. The molecule has 0 bridgehead atoms. The summed E-state index contributed by atoms with van der Waals surface area (Å²) in [7, 11) is 0. The minimum atomic E-state index is 0.0566. The second kappa shape index (κ2) is 3.86. The second-order valence-corrected chi connectivity index (χ2v) is 5.73. The van der Waals surface area contributed by atoms with Crippen LogP contribution < -0.4 is 11.1 Å². The Morgan fingerprint density at radius 3 is 3.19 bits per heavy atom. The molecule has 3 rings (SSSR count). The van der Waals surface area contributed by atoms with E-state index in [0.717, 1.165) is 17.0 Å². The normalized spacial score (nSPS) is 32.4. The fraction of sp³-hybridized carbons (Fsp3) is 0.500. The van der Waals surface area contributed by atoms with Crippen LogP contribution in [0.25, 0.3) is 0 Å². The van der Waals surface area contributed by atoms with Crippen molar-refractivity contribution in [2.75, 3.05) is 16.8 Å². The molecular formula is C12H16N2OS. The van der Waals surface area contributed by atoms with Crippen LogP contribution in [0.1, 0.15) is 18.0 Å². The van der Waals surface area contributed by atoms with E-state index in [2.05, 4.69) is 5.32 Å². The summed E-state index contributed by atoms with van der Waals surface area (Å²) in [6, 6.07) is 6.01. The third kappa shape index (κ3) is 1.57. The molecule has 2 aliphatic heterocycles. The first-order valence-electron chi connectivity index (χ1n) is 5.68. The van der Waals surface area contributed by atoms with Crippen molar-refractivity contribution in [3.8, 4) is 5.75 Å². The van der Waals surface area contributed by atoms with Gasteiger partial charge in [0.1, 0.15) is 5.75 Å². The van der Waals surface area contributed by atoms with Crippen LogP contribution in [0.15, 0.2) is 18.2 Å². The lowest BCUT2D eigenvalue weighted by atomic mass is 9.83. The highest BCUT2D eigenvalue weighted by Crippen LogP contribution is 2.41. The number of nitrogens with two attached hydrogens (primary N) is 1. The molecule has 4 N–H and O–H groups in total. The molecule has 0 spiro atoms. The number of benzene rings is 1. The van der Waals surface area contributed by atoms with Crippen molar-refractivity contribution in [3.05, 3.63) is 23.8 Å². The quantitative estimate of drug-likeness (QED) is 0.603. The number of nitrogens with one attached hydrogen (secondary N) is 1. The molecule has 3 nitrogen and oxygen atoms in total. The van der Waals surface area contributed by atoms with Crippen molar-refractivity contribution < 1.29 is 5.11 Å². The highest BCUT2D eigenvalue weighted by atomic mass is 32.2. The lowest BCUT2D eigenvalue weighted by Crippen LogP contribution is -2.44. The molecule has 0 saturated carbocycles. The van der Waals surface area contributed by atoms with Gasteiger partial charge in [-0.05, 0) is 41.7 Å². The third-order valence-electron chi connectivity index (χ3n) is 3.60. The third-order valence-corrected chi connectivity index (χ3v) is 4.74. The molecule has 2 heterocycles. The summed E-state index contributed by atoms with van der Waals surface area (Å²) < 4.78 is 0. The Labute approximate surface area is 99.4 Å². The van der Waals surface area contributed by atoms with Crippen LogP contribution in [0.5, 0.6) is 5.75 Å². The van der Waals surface area contributed by atoms with Gasteiger partial charge in [-0.1, -0.05) is 0 Å². The predicted octanol–water partition coefficient (Wildman–Crippen LogP) is 1.94. The molecule has 0 aromatic heterocycles. The molecule has 0 amide bonds. The molecule has 1 saturated heterocycles. The van der Waals surface area contributed by atoms with Gasteiger partial charge >= 0.3 is 0 Å². The van der Waals surface area contributed by atoms with Crippen molar-refractivity contribution in [1.82, 2.24) is 0 Å². The van der Waals surface area contributed by atoms with Gasteiger partial charge in [0.25, 0.3) is 0 Å². The van der Waals surface area contributed by atoms with E-state index in [9.17, 15) is 5.11 Å². The van der Waals surface area contributed by atoms with E-state index in [1.807, 2.05) is 17.8 Å². The minimum Gasteiger partial charge on any atom is -0.508 e. The van der Waals surface area contributed by atoms with Crippen molar-refractivity contribution in [2.45, 2.75) is 18.5 Å². The van der Waals surface area contributed by atoms with Gasteiger partial charge in [0.15, 0.2) is 0 Å². The summed E-state index contributed by atoms with van der Waals surface area (Å²) in [5.41, 5.74) is 8.46. The summed E-state index contributed by atoms with van der Waals surface area (Å²) in [5, 5.41) is 13.1. The molecule has 0 radical (unpaired) electrons. The zero-order valence-corrected chi connectivity index (χ0v) is 9.83. The highest BCUT2D eigenvalue weighted by Gasteiger charge is 2.36. The molecule has 16 heavy (non-hydrogen) atoms. The summed E-state index contributed by atoms with van der Waals surface area (Å²) in [6.07, 6.45) is 1.18. The molecule has 4 heteroatoms. The number of fused-ring (bicyclic) bond motifs is 2. The monoisotopic (exact) mass is 236 g/mol. The lowest BCUT2D eigenvalue weighted by Gasteiger charge is -2.41. The van der Waals surface area contributed by atoms with E-state index in [0.29, 0.717) is 17.7 Å². The van der Waals surface area contributed by atoms with Gasteiger partial charge in [-0.15, -0.1) is 0 Å². The van der Waals surface area contributed by atoms with E-state index in [1.54, 1.807) is 12.1 Å². The summed E-state index contributed by atoms with van der Waals surface area (Å²) >= 11 is 1.98. The van der Waals surface area contributed by atoms with Gasteiger partial charge in [0, 0.05) is 23.7 Å². The smallest absolute Gasteiger partial charge is 0.116 e. The lowest BCUT2D eigenvalue weighted by molar-refractivity contribution is 0.379. The Hall–Kier alpha value is -0.870. The van der Waals surface area contributed by atoms with Crippen LogP contribution in [-0.4, -0.2) is 22.7 Å². The van der Waals surface area contributed by atoms with Gasteiger partial charge in [-0.25, -0.2) is 0 Å². The Bertz CT molecular complexity index is 410. The van der Waals surface area contributed by atoms with Crippen LogP contribution in [0.3, 0.4) is 0 Å². The van der Waals surface area contributed by atoms with E-state index in [4.69, 9.17) is 5.73 Å². The molecule has 1 fully saturated rings. The van der Waals surface area contributed by atoms with E-state index >= 15 is 0 Å². The van der Waals surface area contributed by atoms with E-state index in [1.165, 1.54) is 12.2 Å². The number of phenols is 1. The van der Waals surface area contributed by atoms with Gasteiger partial charge in [-0.2, -0.15) is 11.8 Å². The molecule has 3 unspecified atom stereocenters. The van der Waals surface area contributed by atoms with Gasteiger partial charge < -0.3 is 16.2 Å². The maximum atomic E-state index is 9.51. The maximum absolute atomic E-state index is 9.51. The highest BCUT2D eigenvalue weighted by molar-refractivity contribution is 7.99. The summed E-state index contributed by atoms with van der Waals surface area (Å²) in [5.74, 6) is 3.13. The standard InChI is InChI=1S/C12H16N2OS/c13-12-8-5-7(15)1-2-10(8)14-11-3-4-16-6-9(11)12/h1-2,5,9,11-12,14-15H,3-4,6,13H2. The van der Waals surface area contributed by atoms with Gasteiger partial charge in [0.05, 0.1) is 0 Å². The zero-order chi connectivity index (χ0) is 11.1. The van der Waals surface area contributed by atoms with Crippen molar-refractivity contribution in [1.29, 1.82) is 0 Å². The molecule has 86 valence electrons. The molecule has 1 aromatic rings. The number of aromatic hydroxyl groups is 1. The Morgan fingerprint density at radius 1 is 1.44 bits per heavy atom. The zero-order valence-electron chi connectivity index (χ0n) is 9.02.